The Morgan fingerprint density at radius 1 is 0.828 bits per heavy atom. The summed E-state index contributed by atoms with van der Waals surface area (Å²) in [5.74, 6) is -0.288. The summed E-state index contributed by atoms with van der Waals surface area (Å²) in [4.78, 5) is 0. The van der Waals surface area contributed by atoms with Gasteiger partial charge in [-0.05, 0) is 86.0 Å². The van der Waals surface area contributed by atoms with E-state index in [0.29, 0.717) is 25.7 Å². The molecule has 0 aliphatic rings. The Labute approximate surface area is 181 Å². The zero-order chi connectivity index (χ0) is 22.1. The number of ether oxygens (including phenoxy) is 3. The second-order valence-corrected chi connectivity index (χ2v) is 8.65. The molecule has 0 aromatic carbocycles. The molecule has 0 N–H and O–H groups in total. The lowest BCUT2D eigenvalue weighted by molar-refractivity contribution is -0.379. The summed E-state index contributed by atoms with van der Waals surface area (Å²) in [6, 6.07) is 0. The molecule has 2 unspecified atom stereocenters. The van der Waals surface area contributed by atoms with Crippen LogP contribution in [0.15, 0.2) is 34.9 Å². The topological polar surface area (TPSA) is 27.7 Å². The molecule has 0 aromatic rings. The summed E-state index contributed by atoms with van der Waals surface area (Å²) in [7, 11) is 0. The molecule has 3 heteroatoms. The fourth-order valence-corrected chi connectivity index (χ4v) is 3.09. The van der Waals surface area contributed by atoms with Crippen LogP contribution >= 0.6 is 0 Å². The van der Waals surface area contributed by atoms with E-state index in [9.17, 15) is 0 Å². The van der Waals surface area contributed by atoms with Crippen LogP contribution in [0, 0.1) is 5.92 Å². The smallest absolute Gasteiger partial charge is 0.283 e. The third-order valence-electron chi connectivity index (χ3n) is 4.89. The molecule has 0 aliphatic carbocycles. The van der Waals surface area contributed by atoms with Gasteiger partial charge in [0, 0.05) is 13.0 Å². The van der Waals surface area contributed by atoms with Gasteiger partial charge in [-0.25, -0.2) is 0 Å². The van der Waals surface area contributed by atoms with Gasteiger partial charge in [0.05, 0.1) is 13.2 Å². The zero-order valence-corrected chi connectivity index (χ0v) is 20.6. The Hall–Kier alpha value is -0.900. The molecule has 0 saturated heterocycles. The first-order valence-corrected chi connectivity index (χ1v) is 11.6. The Morgan fingerprint density at radius 3 is 2.07 bits per heavy atom. The third kappa shape index (κ3) is 15.6. The maximum absolute atomic E-state index is 6.20. The quantitative estimate of drug-likeness (QED) is 0.180. The van der Waals surface area contributed by atoms with Crippen molar-refractivity contribution in [2.75, 3.05) is 19.8 Å². The minimum atomic E-state index is -0.917. The van der Waals surface area contributed by atoms with Crippen LogP contribution in [0.4, 0.5) is 0 Å². The van der Waals surface area contributed by atoms with Crippen LogP contribution in [0.25, 0.3) is 0 Å². The van der Waals surface area contributed by atoms with Gasteiger partial charge in [0.2, 0.25) is 0 Å². The van der Waals surface area contributed by atoms with E-state index in [1.807, 2.05) is 6.92 Å². The Morgan fingerprint density at radius 2 is 1.48 bits per heavy atom. The Bertz CT molecular complexity index is 488. The molecule has 0 aliphatic heterocycles. The second kappa shape index (κ2) is 16.8. The van der Waals surface area contributed by atoms with Crippen LogP contribution in [0.2, 0.25) is 0 Å². The fraction of sp³-hybridized carbons (Fsp3) is 0.769. The van der Waals surface area contributed by atoms with Gasteiger partial charge in [-0.3, -0.25) is 0 Å². The molecule has 0 saturated carbocycles. The standard InChI is InChI=1S/C26H48O3/c1-9-19-26(27-10-2,28-20-17-24(7)15-11-13-22(3)4)29-21-18-25(8)16-12-14-23(5)6/h13-14,17,25H,9-12,15-16,18-21H2,1-8H3. The summed E-state index contributed by atoms with van der Waals surface area (Å²) < 4.78 is 18.3. The molecule has 0 aromatic heterocycles. The molecular weight excluding hydrogens is 360 g/mol. The van der Waals surface area contributed by atoms with Crippen molar-refractivity contribution in [3.8, 4) is 0 Å². The highest BCUT2D eigenvalue weighted by atomic mass is 16.9. The van der Waals surface area contributed by atoms with Gasteiger partial charge in [0.25, 0.3) is 5.97 Å². The molecule has 170 valence electrons. The lowest BCUT2D eigenvalue weighted by atomic mass is 10.0. The van der Waals surface area contributed by atoms with E-state index in [2.05, 4.69) is 66.7 Å². The highest BCUT2D eigenvalue weighted by Gasteiger charge is 2.32. The van der Waals surface area contributed by atoms with Crippen molar-refractivity contribution in [1.82, 2.24) is 0 Å². The number of rotatable bonds is 17. The number of hydrogen-bond acceptors (Lipinski definition) is 3. The van der Waals surface area contributed by atoms with Crippen molar-refractivity contribution in [2.24, 2.45) is 5.92 Å². The fourth-order valence-electron chi connectivity index (χ4n) is 3.09. The Balaban J connectivity index is 4.63. The van der Waals surface area contributed by atoms with Crippen LogP contribution in [-0.2, 0) is 14.2 Å². The van der Waals surface area contributed by atoms with E-state index in [4.69, 9.17) is 14.2 Å². The zero-order valence-electron chi connectivity index (χ0n) is 20.6. The highest BCUT2D eigenvalue weighted by molar-refractivity contribution is 5.02. The molecule has 0 fully saturated rings. The van der Waals surface area contributed by atoms with E-state index >= 15 is 0 Å². The van der Waals surface area contributed by atoms with Crippen molar-refractivity contribution in [1.29, 1.82) is 0 Å². The molecule has 0 radical (unpaired) electrons. The summed E-state index contributed by atoms with van der Waals surface area (Å²) in [6.07, 6.45) is 14.0. The van der Waals surface area contributed by atoms with Crippen molar-refractivity contribution in [3.63, 3.8) is 0 Å². The lowest BCUT2D eigenvalue weighted by Crippen LogP contribution is -2.40. The van der Waals surface area contributed by atoms with Crippen molar-refractivity contribution < 1.29 is 14.2 Å². The minimum absolute atomic E-state index is 0.525. The summed E-state index contributed by atoms with van der Waals surface area (Å²) >= 11 is 0. The molecular formula is C26H48O3. The predicted octanol–water partition coefficient (Wildman–Crippen LogP) is 7.98. The first kappa shape index (κ1) is 28.1. The largest absolute Gasteiger partial charge is 0.328 e. The van der Waals surface area contributed by atoms with Crippen molar-refractivity contribution >= 4 is 0 Å². The van der Waals surface area contributed by atoms with Gasteiger partial charge in [0.15, 0.2) is 0 Å². The SMILES string of the molecule is CCCC(OCC)(OCC=C(C)CCC=C(C)C)OCCC(C)CCC=C(C)C. The first-order valence-electron chi connectivity index (χ1n) is 11.6. The summed E-state index contributed by atoms with van der Waals surface area (Å²) in [5, 5.41) is 0. The molecule has 2 atom stereocenters. The summed E-state index contributed by atoms with van der Waals surface area (Å²) in [5.41, 5.74) is 4.11. The van der Waals surface area contributed by atoms with Crippen LogP contribution in [0.3, 0.4) is 0 Å². The van der Waals surface area contributed by atoms with Gasteiger partial charge in [-0.2, -0.15) is 0 Å². The van der Waals surface area contributed by atoms with Crippen LogP contribution in [0.1, 0.15) is 100 Å². The normalized spacial score (nSPS) is 15.0. The van der Waals surface area contributed by atoms with Crippen molar-refractivity contribution in [3.05, 3.63) is 34.9 Å². The van der Waals surface area contributed by atoms with E-state index in [1.165, 1.54) is 23.1 Å². The molecule has 29 heavy (non-hydrogen) atoms. The number of allylic oxidation sites excluding steroid dienone is 5. The van der Waals surface area contributed by atoms with Gasteiger partial charge < -0.3 is 14.2 Å². The van der Waals surface area contributed by atoms with Gasteiger partial charge >= 0.3 is 0 Å². The maximum Gasteiger partial charge on any atom is 0.283 e. The maximum atomic E-state index is 6.20. The molecule has 0 rings (SSSR count). The summed E-state index contributed by atoms with van der Waals surface area (Å²) in [6.45, 7) is 19.0. The second-order valence-electron chi connectivity index (χ2n) is 8.65. The van der Waals surface area contributed by atoms with E-state index in [1.54, 1.807) is 0 Å². The third-order valence-corrected chi connectivity index (χ3v) is 4.89. The van der Waals surface area contributed by atoms with E-state index in [0.717, 1.165) is 38.5 Å². The molecule has 0 heterocycles. The predicted molar refractivity (Wildman–Crippen MR) is 126 cm³/mol. The average molecular weight is 409 g/mol. The number of hydrogen-bond donors (Lipinski definition) is 0. The van der Waals surface area contributed by atoms with Crippen LogP contribution < -0.4 is 0 Å². The highest BCUT2D eigenvalue weighted by Crippen LogP contribution is 2.24. The lowest BCUT2D eigenvalue weighted by Gasteiger charge is -2.33. The van der Waals surface area contributed by atoms with Gasteiger partial charge in [0.1, 0.15) is 0 Å². The molecule has 3 nitrogen and oxygen atoms in total. The molecule has 0 amide bonds. The average Bonchev–Trinajstić information content (AvgIpc) is 2.61. The molecule has 0 spiro atoms. The van der Waals surface area contributed by atoms with E-state index < -0.39 is 5.97 Å². The van der Waals surface area contributed by atoms with Crippen molar-refractivity contribution in [2.45, 2.75) is 106 Å². The van der Waals surface area contributed by atoms with Crippen LogP contribution in [-0.4, -0.2) is 25.8 Å². The Kier molecular flexibility index (Phi) is 16.3. The monoisotopic (exact) mass is 408 g/mol. The van der Waals surface area contributed by atoms with Gasteiger partial charge in [-0.1, -0.05) is 48.8 Å². The minimum Gasteiger partial charge on any atom is -0.328 e. The molecule has 0 bridgehead atoms. The first-order chi connectivity index (χ1) is 13.7. The van der Waals surface area contributed by atoms with Gasteiger partial charge in [-0.15, -0.1) is 0 Å². The van der Waals surface area contributed by atoms with E-state index in [-0.39, 0.29) is 0 Å². The van der Waals surface area contributed by atoms with Crippen LogP contribution in [0.5, 0.6) is 0 Å².